The van der Waals surface area contributed by atoms with Crippen LogP contribution < -0.4 is 10.1 Å². The number of hydrogen-bond donors (Lipinski definition) is 1. The van der Waals surface area contributed by atoms with Crippen molar-refractivity contribution in [1.82, 2.24) is 5.32 Å². The Bertz CT molecular complexity index is 402. The highest BCUT2D eigenvalue weighted by Crippen LogP contribution is 2.33. The number of rotatable bonds is 9. The van der Waals surface area contributed by atoms with Gasteiger partial charge in [0.25, 0.3) is 0 Å². The van der Waals surface area contributed by atoms with Crippen molar-refractivity contribution >= 4 is 0 Å². The fourth-order valence-electron chi connectivity index (χ4n) is 3.04. The Hall–Kier alpha value is -1.02. The molecule has 1 atom stereocenters. The zero-order chi connectivity index (χ0) is 14.2. The van der Waals surface area contributed by atoms with Gasteiger partial charge in [0.15, 0.2) is 0 Å². The van der Waals surface area contributed by atoms with Crippen LogP contribution in [0, 0.1) is 0 Å². The molecule has 1 N–H and O–H groups in total. The van der Waals surface area contributed by atoms with Crippen LogP contribution in [0.3, 0.4) is 0 Å². The van der Waals surface area contributed by atoms with E-state index in [2.05, 4.69) is 37.4 Å². The first-order chi connectivity index (χ1) is 9.85. The number of benzene rings is 1. The Labute approximate surface area is 123 Å². The second-order valence-electron chi connectivity index (χ2n) is 5.77. The SMILES string of the molecule is CCCCCCCOc1ccc2c(c1)CCC2NCC. The molecule has 0 aromatic heterocycles. The maximum absolute atomic E-state index is 5.89. The first-order valence-electron chi connectivity index (χ1n) is 8.34. The van der Waals surface area contributed by atoms with Crippen molar-refractivity contribution < 1.29 is 4.74 Å². The predicted molar refractivity (Wildman–Crippen MR) is 85.4 cm³/mol. The molecular weight excluding hydrogens is 246 g/mol. The molecule has 0 aliphatic heterocycles. The van der Waals surface area contributed by atoms with Crippen molar-refractivity contribution in [3.05, 3.63) is 29.3 Å². The fraction of sp³-hybridized carbons (Fsp3) is 0.667. The average molecular weight is 275 g/mol. The molecule has 2 heteroatoms. The van der Waals surface area contributed by atoms with Gasteiger partial charge in [-0.2, -0.15) is 0 Å². The van der Waals surface area contributed by atoms with E-state index in [1.807, 2.05) is 0 Å². The Balaban J connectivity index is 1.77. The summed E-state index contributed by atoms with van der Waals surface area (Å²) in [6.07, 6.45) is 8.88. The van der Waals surface area contributed by atoms with Gasteiger partial charge in [-0.1, -0.05) is 45.6 Å². The zero-order valence-corrected chi connectivity index (χ0v) is 13.1. The monoisotopic (exact) mass is 275 g/mol. The topological polar surface area (TPSA) is 21.3 Å². The molecule has 1 aromatic rings. The number of aryl methyl sites for hydroxylation is 1. The molecule has 0 radical (unpaired) electrons. The molecule has 0 spiro atoms. The van der Waals surface area contributed by atoms with Crippen LogP contribution >= 0.6 is 0 Å². The van der Waals surface area contributed by atoms with Crippen molar-refractivity contribution in [1.29, 1.82) is 0 Å². The molecule has 1 aliphatic rings. The minimum atomic E-state index is 0.554. The Morgan fingerprint density at radius 1 is 1.15 bits per heavy atom. The van der Waals surface area contributed by atoms with Crippen molar-refractivity contribution in [3.8, 4) is 5.75 Å². The van der Waals surface area contributed by atoms with Crippen LogP contribution in [0.25, 0.3) is 0 Å². The number of hydrogen-bond acceptors (Lipinski definition) is 2. The van der Waals surface area contributed by atoms with E-state index in [9.17, 15) is 0 Å². The van der Waals surface area contributed by atoms with Gasteiger partial charge in [0.2, 0.25) is 0 Å². The summed E-state index contributed by atoms with van der Waals surface area (Å²) < 4.78 is 5.89. The smallest absolute Gasteiger partial charge is 0.119 e. The molecular formula is C18H29NO. The van der Waals surface area contributed by atoms with E-state index in [4.69, 9.17) is 4.74 Å². The Kier molecular flexibility index (Phi) is 6.38. The molecule has 0 fully saturated rings. The number of unbranched alkanes of at least 4 members (excludes halogenated alkanes) is 4. The van der Waals surface area contributed by atoms with Crippen LogP contribution in [0.1, 0.15) is 69.5 Å². The third kappa shape index (κ3) is 4.24. The second-order valence-corrected chi connectivity index (χ2v) is 5.77. The molecule has 1 unspecified atom stereocenters. The van der Waals surface area contributed by atoms with E-state index in [0.717, 1.165) is 18.9 Å². The van der Waals surface area contributed by atoms with E-state index in [1.54, 1.807) is 0 Å². The van der Waals surface area contributed by atoms with Gasteiger partial charge in [-0.05, 0) is 49.1 Å². The largest absolute Gasteiger partial charge is 0.494 e. The van der Waals surface area contributed by atoms with Crippen LogP contribution in [0.15, 0.2) is 18.2 Å². The summed E-state index contributed by atoms with van der Waals surface area (Å²) in [5, 5.41) is 3.55. The summed E-state index contributed by atoms with van der Waals surface area (Å²) in [6, 6.07) is 7.19. The standard InChI is InChI=1S/C18H29NO/c1-3-5-6-7-8-13-20-16-10-11-17-15(14-16)9-12-18(17)19-4-2/h10-11,14,18-19H,3-9,12-13H2,1-2H3. The summed E-state index contributed by atoms with van der Waals surface area (Å²) in [5.74, 6) is 1.05. The van der Waals surface area contributed by atoms with Gasteiger partial charge >= 0.3 is 0 Å². The number of nitrogens with one attached hydrogen (secondary N) is 1. The van der Waals surface area contributed by atoms with Crippen LogP contribution in [0.2, 0.25) is 0 Å². The predicted octanol–water partition coefficient (Wildman–Crippen LogP) is 4.63. The van der Waals surface area contributed by atoms with E-state index in [1.165, 1.54) is 56.1 Å². The van der Waals surface area contributed by atoms with Crippen molar-refractivity contribution in [2.24, 2.45) is 0 Å². The molecule has 112 valence electrons. The highest BCUT2D eigenvalue weighted by molar-refractivity contribution is 5.40. The molecule has 0 saturated heterocycles. The Morgan fingerprint density at radius 2 is 2.00 bits per heavy atom. The number of ether oxygens (including phenoxy) is 1. The van der Waals surface area contributed by atoms with Gasteiger partial charge in [0.1, 0.15) is 5.75 Å². The van der Waals surface area contributed by atoms with Gasteiger partial charge < -0.3 is 10.1 Å². The van der Waals surface area contributed by atoms with Gasteiger partial charge in [-0.3, -0.25) is 0 Å². The van der Waals surface area contributed by atoms with Gasteiger partial charge in [-0.15, -0.1) is 0 Å². The third-order valence-electron chi connectivity index (χ3n) is 4.16. The van der Waals surface area contributed by atoms with Gasteiger partial charge in [-0.25, -0.2) is 0 Å². The van der Waals surface area contributed by atoms with Crippen LogP contribution in [0.4, 0.5) is 0 Å². The first-order valence-corrected chi connectivity index (χ1v) is 8.34. The quantitative estimate of drug-likeness (QED) is 0.663. The van der Waals surface area contributed by atoms with Crippen molar-refractivity contribution in [2.45, 2.75) is 64.8 Å². The van der Waals surface area contributed by atoms with Crippen LogP contribution in [0.5, 0.6) is 5.75 Å². The van der Waals surface area contributed by atoms with Crippen LogP contribution in [-0.2, 0) is 6.42 Å². The highest BCUT2D eigenvalue weighted by atomic mass is 16.5. The fourth-order valence-corrected chi connectivity index (χ4v) is 3.04. The summed E-state index contributed by atoms with van der Waals surface area (Å²) >= 11 is 0. The average Bonchev–Trinajstić information content (AvgIpc) is 2.86. The lowest BCUT2D eigenvalue weighted by molar-refractivity contribution is 0.304. The normalized spacial score (nSPS) is 17.2. The molecule has 1 aliphatic carbocycles. The summed E-state index contributed by atoms with van der Waals surface area (Å²) in [5.41, 5.74) is 2.95. The van der Waals surface area contributed by atoms with Gasteiger partial charge in [0, 0.05) is 6.04 Å². The zero-order valence-electron chi connectivity index (χ0n) is 13.1. The molecule has 2 rings (SSSR count). The lowest BCUT2D eigenvalue weighted by Gasteiger charge is -2.13. The molecule has 0 amide bonds. The highest BCUT2D eigenvalue weighted by Gasteiger charge is 2.21. The Morgan fingerprint density at radius 3 is 2.80 bits per heavy atom. The number of fused-ring (bicyclic) bond motifs is 1. The lowest BCUT2D eigenvalue weighted by atomic mass is 10.1. The molecule has 2 nitrogen and oxygen atoms in total. The lowest BCUT2D eigenvalue weighted by Crippen LogP contribution is -2.18. The minimum Gasteiger partial charge on any atom is -0.494 e. The second kappa shape index (κ2) is 8.31. The molecule has 0 bridgehead atoms. The minimum absolute atomic E-state index is 0.554. The van der Waals surface area contributed by atoms with Gasteiger partial charge in [0.05, 0.1) is 6.61 Å². The van der Waals surface area contributed by atoms with Crippen molar-refractivity contribution in [3.63, 3.8) is 0 Å². The van der Waals surface area contributed by atoms with Crippen LogP contribution in [-0.4, -0.2) is 13.2 Å². The van der Waals surface area contributed by atoms with E-state index in [-0.39, 0.29) is 0 Å². The molecule has 20 heavy (non-hydrogen) atoms. The molecule has 0 saturated carbocycles. The maximum Gasteiger partial charge on any atom is 0.119 e. The molecule has 1 aromatic carbocycles. The van der Waals surface area contributed by atoms with Crippen molar-refractivity contribution in [2.75, 3.05) is 13.2 Å². The first kappa shape index (κ1) is 15.4. The molecule has 0 heterocycles. The third-order valence-corrected chi connectivity index (χ3v) is 4.16. The van der Waals surface area contributed by atoms with E-state index >= 15 is 0 Å². The summed E-state index contributed by atoms with van der Waals surface area (Å²) in [6.45, 7) is 6.33. The summed E-state index contributed by atoms with van der Waals surface area (Å²) in [7, 11) is 0. The maximum atomic E-state index is 5.89. The van der Waals surface area contributed by atoms with E-state index in [0.29, 0.717) is 6.04 Å². The van der Waals surface area contributed by atoms with E-state index < -0.39 is 0 Å². The summed E-state index contributed by atoms with van der Waals surface area (Å²) in [4.78, 5) is 0.